The van der Waals surface area contributed by atoms with E-state index in [-0.39, 0.29) is 18.2 Å². The molecule has 1 aromatic rings. The number of rotatable bonds is 2. The average Bonchev–Trinajstić information content (AvgIpc) is 2.87. The first kappa shape index (κ1) is 11.8. The van der Waals surface area contributed by atoms with Crippen LogP contribution in [-0.2, 0) is 22.4 Å². The summed E-state index contributed by atoms with van der Waals surface area (Å²) in [5.74, 6) is -0.382. The van der Waals surface area contributed by atoms with Crippen LogP contribution in [0.2, 0.25) is 0 Å². The van der Waals surface area contributed by atoms with E-state index in [1.807, 2.05) is 12.1 Å². The highest BCUT2D eigenvalue weighted by Gasteiger charge is 2.16. The molecule has 0 fully saturated rings. The molecule has 5 heteroatoms. The summed E-state index contributed by atoms with van der Waals surface area (Å²) in [7, 11) is 0. The Labute approximate surface area is 111 Å². The van der Waals surface area contributed by atoms with E-state index < -0.39 is 0 Å². The van der Waals surface area contributed by atoms with E-state index in [1.165, 1.54) is 17.5 Å². The van der Waals surface area contributed by atoms with Crippen molar-refractivity contribution in [2.45, 2.75) is 25.7 Å². The van der Waals surface area contributed by atoms with Crippen molar-refractivity contribution in [3.63, 3.8) is 0 Å². The van der Waals surface area contributed by atoms with Crippen molar-refractivity contribution < 1.29 is 9.59 Å². The van der Waals surface area contributed by atoms with E-state index in [2.05, 4.69) is 22.2 Å². The molecule has 0 bridgehead atoms. The zero-order valence-corrected chi connectivity index (χ0v) is 10.5. The average molecular weight is 257 g/mol. The molecule has 98 valence electrons. The molecule has 19 heavy (non-hydrogen) atoms. The van der Waals surface area contributed by atoms with Gasteiger partial charge in [-0.1, -0.05) is 6.07 Å². The number of carbonyl (C=O) groups excluding carboxylic acids is 2. The van der Waals surface area contributed by atoms with Crippen molar-refractivity contribution in [1.29, 1.82) is 0 Å². The van der Waals surface area contributed by atoms with Crippen molar-refractivity contribution in [2.75, 3.05) is 5.32 Å². The number of hydrazine groups is 1. The second-order valence-electron chi connectivity index (χ2n) is 4.79. The Morgan fingerprint density at radius 2 is 2.00 bits per heavy atom. The Hall–Kier alpha value is -2.30. The Morgan fingerprint density at radius 3 is 2.79 bits per heavy atom. The van der Waals surface area contributed by atoms with Crippen molar-refractivity contribution in [2.24, 2.45) is 0 Å². The molecular weight excluding hydrogens is 242 g/mol. The molecule has 1 aliphatic heterocycles. The van der Waals surface area contributed by atoms with Crippen LogP contribution < -0.4 is 16.2 Å². The van der Waals surface area contributed by atoms with Gasteiger partial charge in [-0.2, -0.15) is 0 Å². The van der Waals surface area contributed by atoms with Crippen molar-refractivity contribution in [3.8, 4) is 0 Å². The third kappa shape index (κ3) is 2.45. The Balaban J connectivity index is 1.71. The second kappa shape index (κ2) is 4.76. The van der Waals surface area contributed by atoms with E-state index in [4.69, 9.17) is 0 Å². The largest absolute Gasteiger partial charge is 0.321 e. The molecule has 0 unspecified atom stereocenters. The van der Waals surface area contributed by atoms with Crippen LogP contribution in [0.5, 0.6) is 0 Å². The molecular formula is C14H15N3O2. The molecule has 0 radical (unpaired) electrons. The summed E-state index contributed by atoms with van der Waals surface area (Å²) in [5.41, 5.74) is 8.88. The highest BCUT2D eigenvalue weighted by molar-refractivity contribution is 6.04. The smallest absolute Gasteiger partial charge is 0.273 e. The Kier molecular flexibility index (Phi) is 2.95. The molecule has 0 spiro atoms. The lowest BCUT2D eigenvalue weighted by Gasteiger charge is -2.16. The number of fused-ring (bicyclic) bond motifs is 1. The summed E-state index contributed by atoms with van der Waals surface area (Å²) in [4.78, 5) is 22.9. The molecule has 1 heterocycles. The van der Waals surface area contributed by atoms with Gasteiger partial charge in [0.1, 0.15) is 5.70 Å². The summed E-state index contributed by atoms with van der Waals surface area (Å²) in [6.45, 7) is 0. The molecule has 3 rings (SSSR count). The van der Waals surface area contributed by atoms with Crippen LogP contribution in [0.4, 0.5) is 5.69 Å². The van der Waals surface area contributed by atoms with Gasteiger partial charge in [-0.25, -0.2) is 0 Å². The van der Waals surface area contributed by atoms with E-state index >= 15 is 0 Å². The van der Waals surface area contributed by atoms with Gasteiger partial charge in [0.05, 0.1) is 0 Å². The SMILES string of the molecule is O=C1CC=C(C(=O)Nc2ccc3c(c2)CCC3)NN1. The van der Waals surface area contributed by atoms with Gasteiger partial charge >= 0.3 is 0 Å². The Morgan fingerprint density at radius 1 is 1.16 bits per heavy atom. The molecule has 2 aliphatic rings. The summed E-state index contributed by atoms with van der Waals surface area (Å²) < 4.78 is 0. The standard InChI is InChI=1S/C14H15N3O2/c18-13-7-6-12(16-17-13)14(19)15-11-5-4-9-2-1-3-10(9)8-11/h4-6,8,16H,1-3,7H2,(H,15,19)(H,17,18). The van der Waals surface area contributed by atoms with Crippen LogP contribution in [0.1, 0.15) is 24.0 Å². The number of benzene rings is 1. The number of hydrogen-bond donors (Lipinski definition) is 3. The number of aryl methyl sites for hydroxylation is 2. The van der Waals surface area contributed by atoms with Gasteiger partial charge in [0.15, 0.2) is 0 Å². The minimum Gasteiger partial charge on any atom is -0.321 e. The molecule has 0 aromatic heterocycles. The van der Waals surface area contributed by atoms with E-state index in [0.29, 0.717) is 5.70 Å². The molecule has 0 atom stereocenters. The molecule has 5 nitrogen and oxygen atoms in total. The molecule has 1 aliphatic carbocycles. The predicted molar refractivity (Wildman–Crippen MR) is 71.1 cm³/mol. The third-order valence-electron chi connectivity index (χ3n) is 3.43. The lowest BCUT2D eigenvalue weighted by atomic mass is 10.1. The number of nitrogens with one attached hydrogen (secondary N) is 3. The third-order valence-corrected chi connectivity index (χ3v) is 3.43. The summed E-state index contributed by atoms with van der Waals surface area (Å²) in [5, 5.41) is 2.84. The maximum atomic E-state index is 12.0. The van der Waals surface area contributed by atoms with E-state index in [0.717, 1.165) is 18.5 Å². The molecule has 0 saturated heterocycles. The van der Waals surface area contributed by atoms with E-state index in [1.54, 1.807) is 6.08 Å². The molecule has 1 aromatic carbocycles. The zero-order valence-electron chi connectivity index (χ0n) is 10.5. The number of hydrogen-bond acceptors (Lipinski definition) is 3. The quantitative estimate of drug-likeness (QED) is 0.741. The first-order valence-electron chi connectivity index (χ1n) is 6.40. The predicted octanol–water partition coefficient (Wildman–Crippen LogP) is 1.02. The first-order chi connectivity index (χ1) is 9.22. The van der Waals surface area contributed by atoms with Crippen LogP contribution in [0, 0.1) is 0 Å². The fourth-order valence-corrected chi connectivity index (χ4v) is 2.43. The lowest BCUT2D eigenvalue weighted by molar-refractivity contribution is -0.121. The maximum absolute atomic E-state index is 12.0. The van der Waals surface area contributed by atoms with Crippen molar-refractivity contribution in [3.05, 3.63) is 41.1 Å². The minimum atomic E-state index is -0.238. The van der Waals surface area contributed by atoms with Gasteiger partial charge in [0.2, 0.25) is 5.91 Å². The topological polar surface area (TPSA) is 70.2 Å². The highest BCUT2D eigenvalue weighted by Crippen LogP contribution is 2.25. The van der Waals surface area contributed by atoms with Crippen LogP contribution in [0.15, 0.2) is 30.0 Å². The van der Waals surface area contributed by atoms with E-state index in [9.17, 15) is 9.59 Å². The van der Waals surface area contributed by atoms with Gasteiger partial charge in [-0.15, -0.1) is 0 Å². The minimum absolute atomic E-state index is 0.144. The van der Waals surface area contributed by atoms with Crippen molar-refractivity contribution >= 4 is 17.5 Å². The van der Waals surface area contributed by atoms with Crippen LogP contribution in [-0.4, -0.2) is 11.8 Å². The van der Waals surface area contributed by atoms with Gasteiger partial charge in [0.25, 0.3) is 5.91 Å². The summed E-state index contributed by atoms with van der Waals surface area (Å²) in [6, 6.07) is 6.02. The van der Waals surface area contributed by atoms with Crippen LogP contribution in [0.3, 0.4) is 0 Å². The highest BCUT2D eigenvalue weighted by atomic mass is 16.2. The van der Waals surface area contributed by atoms with Gasteiger partial charge in [-0.3, -0.25) is 20.4 Å². The fourth-order valence-electron chi connectivity index (χ4n) is 2.43. The molecule has 3 N–H and O–H groups in total. The van der Waals surface area contributed by atoms with Crippen LogP contribution in [0.25, 0.3) is 0 Å². The van der Waals surface area contributed by atoms with Crippen LogP contribution >= 0.6 is 0 Å². The maximum Gasteiger partial charge on any atom is 0.273 e. The number of amides is 2. The molecule has 2 amide bonds. The zero-order chi connectivity index (χ0) is 13.2. The Bertz CT molecular complexity index is 578. The monoisotopic (exact) mass is 257 g/mol. The van der Waals surface area contributed by atoms with Gasteiger partial charge in [0, 0.05) is 12.1 Å². The lowest BCUT2D eigenvalue weighted by Crippen LogP contribution is -2.43. The fraction of sp³-hybridized carbons (Fsp3) is 0.286. The van der Waals surface area contributed by atoms with Gasteiger partial charge < -0.3 is 5.32 Å². The number of anilines is 1. The first-order valence-corrected chi connectivity index (χ1v) is 6.40. The normalized spacial score (nSPS) is 17.1. The second-order valence-corrected chi connectivity index (χ2v) is 4.79. The van der Waals surface area contributed by atoms with Crippen molar-refractivity contribution in [1.82, 2.24) is 10.9 Å². The van der Waals surface area contributed by atoms with Gasteiger partial charge in [-0.05, 0) is 48.6 Å². The summed E-state index contributed by atoms with van der Waals surface area (Å²) >= 11 is 0. The number of carbonyl (C=O) groups is 2. The summed E-state index contributed by atoms with van der Waals surface area (Å²) in [6.07, 6.45) is 5.20. The molecule has 0 saturated carbocycles.